The van der Waals surface area contributed by atoms with Gasteiger partial charge in [0.25, 0.3) is 0 Å². The number of benzene rings is 2. The first-order chi connectivity index (χ1) is 14.7. The molecule has 0 spiro atoms. The lowest BCUT2D eigenvalue weighted by Crippen LogP contribution is -2.06. The van der Waals surface area contributed by atoms with Crippen molar-refractivity contribution in [2.45, 2.75) is 0 Å². The van der Waals surface area contributed by atoms with Crippen LogP contribution in [0.2, 0.25) is 0 Å². The average molecular weight is 438 g/mol. The van der Waals surface area contributed by atoms with Crippen molar-refractivity contribution in [2.24, 2.45) is 0 Å². The minimum Gasteiger partial charge on any atom is -0.478 e. The van der Waals surface area contributed by atoms with Crippen molar-refractivity contribution in [1.29, 1.82) is 0 Å². The lowest BCUT2D eigenvalue weighted by Gasteiger charge is -1.98. The van der Waals surface area contributed by atoms with Crippen molar-refractivity contribution in [3.05, 3.63) is 70.8 Å². The van der Waals surface area contributed by atoms with E-state index in [0.29, 0.717) is 13.2 Å². The number of hydrogen-bond donors (Lipinski definition) is 6. The summed E-state index contributed by atoms with van der Waals surface area (Å²) in [7, 11) is 0. The highest BCUT2D eigenvalue weighted by molar-refractivity contribution is 6.02. The largest absolute Gasteiger partial charge is 0.478 e. The van der Waals surface area contributed by atoms with Crippen LogP contribution in [0.15, 0.2) is 48.5 Å². The molecular weight excluding hydrogens is 416 g/mol. The molecule has 31 heavy (non-hydrogen) atoms. The van der Waals surface area contributed by atoms with Crippen LogP contribution in [0.5, 0.6) is 0 Å². The lowest BCUT2D eigenvalue weighted by atomic mass is 10.1. The fourth-order valence-corrected chi connectivity index (χ4v) is 1.94. The Hall–Kier alpha value is -3.80. The Morgan fingerprint density at radius 1 is 0.548 bits per heavy atom. The first-order valence-corrected chi connectivity index (χ1v) is 8.58. The maximum atomic E-state index is 10.5. The smallest absolute Gasteiger partial charge is 0.336 e. The van der Waals surface area contributed by atoms with Crippen molar-refractivity contribution in [2.75, 3.05) is 26.4 Å². The van der Waals surface area contributed by atoms with Crippen LogP contribution in [0.3, 0.4) is 0 Å². The zero-order valence-electron chi connectivity index (χ0n) is 16.2. The van der Waals surface area contributed by atoms with Crippen molar-refractivity contribution in [3.63, 3.8) is 0 Å². The molecule has 11 nitrogen and oxygen atoms in total. The lowest BCUT2D eigenvalue weighted by molar-refractivity contribution is 0.0650. The van der Waals surface area contributed by atoms with E-state index in [0.717, 1.165) is 0 Å². The number of aliphatic hydroxyl groups excluding tert-OH is 2. The van der Waals surface area contributed by atoms with E-state index >= 15 is 0 Å². The Kier molecular flexibility index (Phi) is 13.2. The van der Waals surface area contributed by atoms with Crippen molar-refractivity contribution in [1.82, 2.24) is 0 Å². The molecule has 168 valence electrons. The SMILES string of the molecule is O=C(O)c1ccccc1C(=O)O.O=C(O)c1ccccc1C(=O)O.OCCOCCO. The van der Waals surface area contributed by atoms with E-state index in [-0.39, 0.29) is 35.5 Å². The first-order valence-electron chi connectivity index (χ1n) is 8.58. The molecule has 0 bridgehead atoms. The van der Waals surface area contributed by atoms with Gasteiger partial charge in [0.15, 0.2) is 0 Å². The minimum absolute atomic E-state index is 0.0278. The molecule has 2 aromatic carbocycles. The fraction of sp³-hybridized carbons (Fsp3) is 0.200. The van der Waals surface area contributed by atoms with Gasteiger partial charge in [-0.3, -0.25) is 0 Å². The van der Waals surface area contributed by atoms with Gasteiger partial charge in [-0.1, -0.05) is 24.3 Å². The average Bonchev–Trinajstić information content (AvgIpc) is 2.75. The molecule has 0 aromatic heterocycles. The van der Waals surface area contributed by atoms with Gasteiger partial charge in [0.1, 0.15) is 0 Å². The standard InChI is InChI=1S/2C8H6O4.C4H10O3/c2*9-7(10)5-3-1-2-4-6(5)8(11)12;5-1-3-7-4-2-6/h2*1-4H,(H,9,10)(H,11,12);5-6H,1-4H2. The van der Waals surface area contributed by atoms with Gasteiger partial charge in [0.2, 0.25) is 0 Å². The third kappa shape index (κ3) is 10.5. The molecule has 2 rings (SSSR count). The van der Waals surface area contributed by atoms with E-state index < -0.39 is 23.9 Å². The van der Waals surface area contributed by atoms with Gasteiger partial charge in [-0.25, -0.2) is 19.2 Å². The Morgan fingerprint density at radius 3 is 0.935 bits per heavy atom. The quantitative estimate of drug-likeness (QED) is 0.323. The molecule has 0 saturated carbocycles. The van der Waals surface area contributed by atoms with E-state index in [9.17, 15) is 19.2 Å². The highest BCUT2D eigenvalue weighted by Crippen LogP contribution is 2.08. The van der Waals surface area contributed by atoms with Gasteiger partial charge in [-0.05, 0) is 24.3 Å². The van der Waals surface area contributed by atoms with Crippen LogP contribution in [0.4, 0.5) is 0 Å². The second kappa shape index (κ2) is 15.1. The molecule has 0 saturated heterocycles. The highest BCUT2D eigenvalue weighted by Gasteiger charge is 2.14. The summed E-state index contributed by atoms with van der Waals surface area (Å²) in [4.78, 5) is 41.9. The van der Waals surface area contributed by atoms with E-state index in [2.05, 4.69) is 4.74 Å². The zero-order chi connectivity index (χ0) is 23.8. The number of carboxylic acid groups (broad SMARTS) is 4. The number of hydrogen-bond acceptors (Lipinski definition) is 7. The maximum absolute atomic E-state index is 10.5. The number of aromatic carboxylic acids is 4. The molecule has 0 heterocycles. The topological polar surface area (TPSA) is 199 Å². The predicted octanol–water partition coefficient (Wildman–Crippen LogP) is 1.15. The number of ether oxygens (including phenoxy) is 1. The van der Waals surface area contributed by atoms with E-state index in [1.165, 1.54) is 48.5 Å². The van der Waals surface area contributed by atoms with Gasteiger partial charge in [0, 0.05) is 0 Å². The van der Waals surface area contributed by atoms with Gasteiger partial charge in [-0.15, -0.1) is 0 Å². The third-order valence-electron chi connectivity index (χ3n) is 3.25. The summed E-state index contributed by atoms with van der Waals surface area (Å²) in [6.07, 6.45) is 0. The molecule has 0 unspecified atom stereocenters. The summed E-state index contributed by atoms with van der Waals surface area (Å²) < 4.78 is 4.63. The van der Waals surface area contributed by atoms with Crippen LogP contribution in [-0.4, -0.2) is 80.9 Å². The third-order valence-corrected chi connectivity index (χ3v) is 3.25. The van der Waals surface area contributed by atoms with Crippen LogP contribution in [0.25, 0.3) is 0 Å². The molecule has 0 radical (unpaired) electrons. The van der Waals surface area contributed by atoms with Crippen molar-refractivity contribution in [3.8, 4) is 0 Å². The summed E-state index contributed by atoms with van der Waals surface area (Å²) >= 11 is 0. The predicted molar refractivity (Wildman–Crippen MR) is 106 cm³/mol. The van der Waals surface area contributed by atoms with Crippen LogP contribution >= 0.6 is 0 Å². The molecule has 0 amide bonds. The minimum atomic E-state index is -1.23. The summed E-state index contributed by atoms with van der Waals surface area (Å²) in [5.41, 5.74) is -0.759. The van der Waals surface area contributed by atoms with Gasteiger partial charge < -0.3 is 35.4 Å². The second-order valence-electron chi connectivity index (χ2n) is 5.37. The van der Waals surface area contributed by atoms with Crippen LogP contribution < -0.4 is 0 Å². The first kappa shape index (κ1) is 27.2. The second-order valence-corrected chi connectivity index (χ2v) is 5.37. The van der Waals surface area contributed by atoms with Gasteiger partial charge in [-0.2, -0.15) is 0 Å². The van der Waals surface area contributed by atoms with Crippen molar-refractivity contribution >= 4 is 23.9 Å². The summed E-state index contributed by atoms with van der Waals surface area (Å²) in [6, 6.07) is 11.0. The molecule has 0 aliphatic carbocycles. The van der Waals surface area contributed by atoms with Crippen LogP contribution in [0.1, 0.15) is 41.4 Å². The Bertz CT molecular complexity index is 739. The fourth-order valence-electron chi connectivity index (χ4n) is 1.94. The van der Waals surface area contributed by atoms with E-state index in [4.69, 9.17) is 30.6 Å². The van der Waals surface area contributed by atoms with Crippen LogP contribution in [0, 0.1) is 0 Å². The van der Waals surface area contributed by atoms with E-state index in [1.807, 2.05) is 0 Å². The molecule has 0 atom stereocenters. The number of carboxylic acids is 4. The van der Waals surface area contributed by atoms with Gasteiger partial charge >= 0.3 is 23.9 Å². The highest BCUT2D eigenvalue weighted by atomic mass is 16.5. The molecule has 0 fully saturated rings. The number of aliphatic hydroxyl groups is 2. The van der Waals surface area contributed by atoms with E-state index in [1.54, 1.807) is 0 Å². The normalized spacial score (nSPS) is 9.35. The molecular formula is C20H22O11. The molecule has 2 aromatic rings. The summed E-state index contributed by atoms with van der Waals surface area (Å²) in [6.45, 7) is 0.696. The Morgan fingerprint density at radius 2 is 0.774 bits per heavy atom. The van der Waals surface area contributed by atoms with Crippen LogP contribution in [-0.2, 0) is 4.74 Å². The summed E-state index contributed by atoms with van der Waals surface area (Å²) in [5, 5.41) is 50.4. The molecule has 0 aliphatic rings. The molecule has 11 heteroatoms. The zero-order valence-corrected chi connectivity index (χ0v) is 16.2. The Balaban J connectivity index is 0.000000454. The maximum Gasteiger partial charge on any atom is 0.336 e. The van der Waals surface area contributed by atoms with Crippen molar-refractivity contribution < 1.29 is 54.6 Å². The number of carbonyl (C=O) groups is 4. The number of rotatable bonds is 8. The Labute approximate surface area is 176 Å². The monoisotopic (exact) mass is 438 g/mol. The molecule has 6 N–H and O–H groups in total. The molecule has 0 aliphatic heterocycles. The summed E-state index contributed by atoms with van der Waals surface area (Å²) in [5.74, 6) is -4.91. The van der Waals surface area contributed by atoms with Gasteiger partial charge in [0.05, 0.1) is 48.7 Å².